The van der Waals surface area contributed by atoms with Gasteiger partial charge in [-0.05, 0) is 63.1 Å². The number of unbranched alkanes of at least 4 members (excludes halogenated alkanes) is 8. The van der Waals surface area contributed by atoms with E-state index in [4.69, 9.17) is 9.47 Å². The number of carboxylic acid groups (broad SMARTS) is 1. The average molecular weight is 697 g/mol. The zero-order valence-electron chi connectivity index (χ0n) is 30.0. The molecule has 4 N–H and O–H groups in total. The van der Waals surface area contributed by atoms with Gasteiger partial charge in [0, 0.05) is 25.3 Å². The van der Waals surface area contributed by atoms with Gasteiger partial charge in [-0.1, -0.05) is 75.7 Å². The number of amides is 2. The molecule has 1 aromatic carbocycles. The topological polar surface area (TPSA) is 168 Å². The molecule has 2 amide bonds. The number of carboxylic acids is 1. The summed E-state index contributed by atoms with van der Waals surface area (Å²) in [4.78, 5) is 63.8. The molecule has 50 heavy (non-hydrogen) atoms. The number of Topliss-reactive ketones (excluding diaryl/α,β-unsaturated/α-hetero) is 1. The summed E-state index contributed by atoms with van der Waals surface area (Å²) in [6.07, 6.45) is 14.1. The first kappa shape index (κ1) is 42.0. The molecule has 1 aliphatic carbocycles. The summed E-state index contributed by atoms with van der Waals surface area (Å²) in [7, 11) is 1.17. The molecule has 0 aromatic heterocycles. The standard InChI is InChI=1S/C39H56N2O9/c1-4-6-8-11-14-17-31(42)18-15-12-9-10-13-16-19-33(39(48,38(46)47)28-35(43)40-30-22-23-30)36(44)41-34(37(45)49-3)27-29-20-24-32(25-21-29)50-26-7-5-2/h16,19-21,24-25,30,33-34,48H,4,6,8-15,17-18,22-23,26-28H2,1-3H3,(H,40,43)(H,41,44)(H,46,47)/b19-16+/t33-,34+,39+/m1/s1. The van der Waals surface area contributed by atoms with Crippen molar-refractivity contribution in [3.63, 3.8) is 0 Å². The quantitative estimate of drug-likeness (QED) is 0.0440. The molecule has 0 aliphatic heterocycles. The molecule has 0 spiro atoms. The van der Waals surface area contributed by atoms with Gasteiger partial charge in [-0.15, -0.1) is 5.92 Å². The summed E-state index contributed by atoms with van der Waals surface area (Å²) in [6, 6.07) is 5.54. The maximum Gasteiger partial charge on any atom is 0.337 e. The molecular weight excluding hydrogens is 640 g/mol. The summed E-state index contributed by atoms with van der Waals surface area (Å²) < 4.78 is 10.4. The Kier molecular flexibility index (Phi) is 19.5. The minimum Gasteiger partial charge on any atom is -0.481 e. The number of allylic oxidation sites excluding steroid dienone is 1. The lowest BCUT2D eigenvalue weighted by Crippen LogP contribution is -2.56. The number of ketones is 1. The Morgan fingerprint density at radius 2 is 1.62 bits per heavy atom. The number of aliphatic carboxylic acids is 1. The Balaban J connectivity index is 2.08. The van der Waals surface area contributed by atoms with Crippen LogP contribution < -0.4 is 15.4 Å². The van der Waals surface area contributed by atoms with E-state index in [1.165, 1.54) is 32.4 Å². The Morgan fingerprint density at radius 1 is 0.980 bits per heavy atom. The molecule has 0 saturated heterocycles. The van der Waals surface area contributed by atoms with Gasteiger partial charge in [-0.2, -0.15) is 0 Å². The summed E-state index contributed by atoms with van der Waals surface area (Å²) in [5.41, 5.74) is -2.12. The first-order chi connectivity index (χ1) is 24.0. The Morgan fingerprint density at radius 3 is 2.20 bits per heavy atom. The van der Waals surface area contributed by atoms with Crippen molar-refractivity contribution in [1.29, 1.82) is 0 Å². The van der Waals surface area contributed by atoms with Crippen LogP contribution in [0.1, 0.15) is 116 Å². The Bertz CT molecular complexity index is 1330. The first-order valence-corrected chi connectivity index (χ1v) is 18.0. The summed E-state index contributed by atoms with van der Waals surface area (Å²) in [6.45, 7) is 4.09. The number of nitrogens with one attached hydrogen (secondary N) is 2. The summed E-state index contributed by atoms with van der Waals surface area (Å²) in [5, 5.41) is 26.8. The van der Waals surface area contributed by atoms with Gasteiger partial charge in [-0.3, -0.25) is 14.4 Å². The van der Waals surface area contributed by atoms with Gasteiger partial charge in [0.2, 0.25) is 11.8 Å². The lowest BCUT2D eigenvalue weighted by molar-refractivity contribution is -0.169. The normalized spacial score (nSPS) is 14.8. The highest BCUT2D eigenvalue weighted by Gasteiger charge is 2.49. The van der Waals surface area contributed by atoms with Gasteiger partial charge in [0.25, 0.3) is 0 Å². The zero-order valence-corrected chi connectivity index (χ0v) is 30.0. The lowest BCUT2D eigenvalue weighted by atomic mass is 9.82. The van der Waals surface area contributed by atoms with Crippen LogP contribution in [0.5, 0.6) is 5.75 Å². The van der Waals surface area contributed by atoms with Crippen molar-refractivity contribution < 1.29 is 43.7 Å². The van der Waals surface area contributed by atoms with Crippen LogP contribution in [-0.2, 0) is 35.1 Å². The number of ether oxygens (including phenoxy) is 2. The molecule has 3 atom stereocenters. The second kappa shape index (κ2) is 23.3. The van der Waals surface area contributed by atoms with E-state index in [0.29, 0.717) is 36.4 Å². The van der Waals surface area contributed by atoms with Crippen LogP contribution in [0.25, 0.3) is 0 Å². The smallest absolute Gasteiger partial charge is 0.337 e. The Labute approximate surface area is 297 Å². The highest BCUT2D eigenvalue weighted by atomic mass is 16.5. The molecule has 0 radical (unpaired) electrons. The minimum atomic E-state index is -2.78. The second-order valence-electron chi connectivity index (χ2n) is 13.0. The van der Waals surface area contributed by atoms with Crippen molar-refractivity contribution in [2.45, 2.75) is 134 Å². The van der Waals surface area contributed by atoms with E-state index in [2.05, 4.69) is 29.4 Å². The molecule has 1 fully saturated rings. The van der Waals surface area contributed by atoms with Crippen LogP contribution in [0.4, 0.5) is 0 Å². The van der Waals surface area contributed by atoms with Gasteiger partial charge in [0.15, 0.2) is 5.60 Å². The lowest BCUT2D eigenvalue weighted by Gasteiger charge is -2.30. The third-order valence-electron chi connectivity index (χ3n) is 8.66. The van der Waals surface area contributed by atoms with Crippen molar-refractivity contribution in [1.82, 2.24) is 10.6 Å². The van der Waals surface area contributed by atoms with E-state index in [0.717, 1.165) is 51.4 Å². The van der Waals surface area contributed by atoms with Crippen molar-refractivity contribution in [2.75, 3.05) is 13.7 Å². The molecule has 1 aliphatic rings. The number of aliphatic hydroxyl groups is 1. The third-order valence-corrected chi connectivity index (χ3v) is 8.66. The summed E-state index contributed by atoms with van der Waals surface area (Å²) in [5.74, 6) is 0.589. The van der Waals surface area contributed by atoms with Crippen molar-refractivity contribution >= 4 is 29.5 Å². The number of hydrogen-bond acceptors (Lipinski definition) is 8. The summed E-state index contributed by atoms with van der Waals surface area (Å²) >= 11 is 0. The van der Waals surface area contributed by atoms with E-state index in [1.54, 1.807) is 37.3 Å². The number of hydrogen-bond donors (Lipinski definition) is 4. The van der Waals surface area contributed by atoms with E-state index in [1.807, 2.05) is 0 Å². The molecule has 1 aromatic rings. The van der Waals surface area contributed by atoms with Gasteiger partial charge in [-0.25, -0.2) is 9.59 Å². The fourth-order valence-electron chi connectivity index (χ4n) is 5.50. The molecular formula is C39H56N2O9. The van der Waals surface area contributed by atoms with E-state index in [-0.39, 0.29) is 19.1 Å². The van der Waals surface area contributed by atoms with Gasteiger partial charge in [0.05, 0.1) is 19.4 Å². The first-order valence-electron chi connectivity index (χ1n) is 18.0. The molecule has 11 nitrogen and oxygen atoms in total. The molecule has 1 saturated carbocycles. The van der Waals surface area contributed by atoms with Gasteiger partial charge < -0.3 is 30.3 Å². The van der Waals surface area contributed by atoms with Crippen LogP contribution in [0.15, 0.2) is 36.4 Å². The zero-order chi connectivity index (χ0) is 36.8. The molecule has 11 heteroatoms. The van der Waals surface area contributed by atoms with Crippen LogP contribution >= 0.6 is 0 Å². The highest BCUT2D eigenvalue weighted by Crippen LogP contribution is 2.27. The van der Waals surface area contributed by atoms with Crippen LogP contribution in [0.2, 0.25) is 0 Å². The van der Waals surface area contributed by atoms with E-state index in [9.17, 15) is 34.2 Å². The van der Waals surface area contributed by atoms with Gasteiger partial charge in [0.1, 0.15) is 24.2 Å². The average Bonchev–Trinajstić information content (AvgIpc) is 3.91. The predicted octanol–water partition coefficient (Wildman–Crippen LogP) is 5.22. The second-order valence-corrected chi connectivity index (χ2v) is 13.0. The number of benzene rings is 1. The third kappa shape index (κ3) is 16.0. The van der Waals surface area contributed by atoms with E-state index < -0.39 is 47.7 Å². The molecule has 2 rings (SSSR count). The van der Waals surface area contributed by atoms with Crippen molar-refractivity contribution in [2.24, 2.45) is 5.92 Å². The fraction of sp³-hybridized carbons (Fsp3) is 0.615. The monoisotopic (exact) mass is 696 g/mol. The molecule has 0 heterocycles. The van der Waals surface area contributed by atoms with E-state index >= 15 is 0 Å². The molecule has 0 unspecified atom stereocenters. The van der Waals surface area contributed by atoms with Crippen molar-refractivity contribution in [3.05, 3.63) is 42.0 Å². The molecule has 0 bridgehead atoms. The van der Waals surface area contributed by atoms with Crippen LogP contribution in [0, 0.1) is 17.8 Å². The number of methoxy groups -OCH3 is 1. The maximum absolute atomic E-state index is 13.7. The maximum atomic E-state index is 13.7. The van der Waals surface area contributed by atoms with Gasteiger partial charge >= 0.3 is 11.9 Å². The van der Waals surface area contributed by atoms with Crippen molar-refractivity contribution in [3.8, 4) is 17.6 Å². The fourth-order valence-corrected chi connectivity index (χ4v) is 5.50. The minimum absolute atomic E-state index is 0.0128. The number of rotatable bonds is 26. The Hall–Kier alpha value is -4.17. The number of carbonyl (C=O) groups excluding carboxylic acids is 4. The largest absolute Gasteiger partial charge is 0.481 e. The number of carbonyl (C=O) groups is 5. The van der Waals surface area contributed by atoms with Crippen LogP contribution in [-0.4, -0.2) is 71.2 Å². The highest BCUT2D eigenvalue weighted by molar-refractivity contribution is 5.95. The molecule has 276 valence electrons. The number of esters is 1. The van der Waals surface area contributed by atoms with Crippen LogP contribution in [0.3, 0.4) is 0 Å². The predicted molar refractivity (Wildman–Crippen MR) is 190 cm³/mol. The SMILES string of the molecule is CC#CCOc1ccc(C[C@H](NC(=O)[C@@H](/C=C/CCCCCCC(=O)CCCCCCC)[C@@](O)(CC(=O)NC2CC2)C(=O)O)C(=O)OC)cc1.